The second-order valence-electron chi connectivity index (χ2n) is 4.69. The molecule has 0 saturated carbocycles. The van der Waals surface area contributed by atoms with Crippen LogP contribution in [0.2, 0.25) is 0 Å². The van der Waals surface area contributed by atoms with E-state index in [-0.39, 0.29) is 6.04 Å². The van der Waals surface area contributed by atoms with Crippen molar-refractivity contribution < 1.29 is 9.90 Å². The molecule has 0 aliphatic carbocycles. The summed E-state index contributed by atoms with van der Waals surface area (Å²) >= 11 is 5.13. The standard InChI is InChI=1S/C12H16BrNO2S/c1-8(9-4-5-10(13)17-9)14-7-3-6-12(14,2)11(15)16/h4-5,8H,3,6-7H2,1-2H3,(H,15,16). The molecule has 1 aromatic heterocycles. The Morgan fingerprint density at radius 2 is 2.35 bits per heavy atom. The Hall–Kier alpha value is -0.390. The molecule has 2 unspecified atom stereocenters. The fourth-order valence-corrected chi connectivity index (χ4v) is 4.03. The van der Waals surface area contributed by atoms with Crippen LogP contribution in [-0.2, 0) is 4.79 Å². The minimum atomic E-state index is -0.712. The second-order valence-corrected chi connectivity index (χ2v) is 7.19. The molecule has 17 heavy (non-hydrogen) atoms. The molecular formula is C12H16BrNO2S. The maximum atomic E-state index is 11.4. The smallest absolute Gasteiger partial charge is 0.323 e. The van der Waals surface area contributed by atoms with Crippen molar-refractivity contribution in [2.45, 2.75) is 38.3 Å². The Bertz CT molecular complexity index is 434. The molecule has 2 atom stereocenters. The lowest BCUT2D eigenvalue weighted by molar-refractivity contribution is -0.149. The maximum absolute atomic E-state index is 11.4. The quantitative estimate of drug-likeness (QED) is 0.927. The number of nitrogens with zero attached hydrogens (tertiary/aromatic N) is 1. The number of rotatable bonds is 3. The van der Waals surface area contributed by atoms with Gasteiger partial charge in [0.15, 0.2) is 0 Å². The molecule has 2 heterocycles. The number of halogens is 1. The first-order chi connectivity index (χ1) is 7.95. The van der Waals surface area contributed by atoms with Gasteiger partial charge in [-0.05, 0) is 61.3 Å². The van der Waals surface area contributed by atoms with Gasteiger partial charge in [-0.2, -0.15) is 0 Å². The van der Waals surface area contributed by atoms with Gasteiger partial charge in [0.05, 0.1) is 3.79 Å². The van der Waals surface area contributed by atoms with Crippen molar-refractivity contribution in [3.05, 3.63) is 20.8 Å². The van der Waals surface area contributed by atoms with Crippen LogP contribution in [0, 0.1) is 0 Å². The van der Waals surface area contributed by atoms with Crippen molar-refractivity contribution in [1.82, 2.24) is 4.90 Å². The van der Waals surface area contributed by atoms with Gasteiger partial charge in [-0.3, -0.25) is 9.69 Å². The Kier molecular flexibility index (Phi) is 3.61. The maximum Gasteiger partial charge on any atom is 0.323 e. The lowest BCUT2D eigenvalue weighted by atomic mass is 9.98. The van der Waals surface area contributed by atoms with Crippen LogP contribution < -0.4 is 0 Å². The molecule has 0 bridgehead atoms. The van der Waals surface area contributed by atoms with Crippen LogP contribution in [0.25, 0.3) is 0 Å². The first-order valence-corrected chi connectivity index (χ1v) is 7.31. The molecule has 1 aliphatic heterocycles. The van der Waals surface area contributed by atoms with Crippen molar-refractivity contribution in [3.63, 3.8) is 0 Å². The third-order valence-corrected chi connectivity index (χ3v) is 5.42. The Labute approximate surface area is 114 Å². The van der Waals surface area contributed by atoms with E-state index in [1.54, 1.807) is 11.3 Å². The number of carboxylic acid groups (broad SMARTS) is 1. The predicted molar refractivity (Wildman–Crippen MR) is 72.4 cm³/mol. The van der Waals surface area contributed by atoms with E-state index >= 15 is 0 Å². The van der Waals surface area contributed by atoms with Gasteiger partial charge in [-0.25, -0.2) is 0 Å². The van der Waals surface area contributed by atoms with E-state index in [2.05, 4.69) is 33.8 Å². The molecule has 3 nitrogen and oxygen atoms in total. The Balaban J connectivity index is 2.25. The molecule has 1 N–H and O–H groups in total. The van der Waals surface area contributed by atoms with Crippen molar-refractivity contribution in [2.75, 3.05) is 6.54 Å². The normalized spacial score (nSPS) is 27.2. The van der Waals surface area contributed by atoms with Crippen LogP contribution in [0.1, 0.15) is 37.6 Å². The van der Waals surface area contributed by atoms with Crippen molar-refractivity contribution in [1.29, 1.82) is 0 Å². The van der Waals surface area contributed by atoms with E-state index < -0.39 is 11.5 Å². The molecular weight excluding hydrogens is 302 g/mol. The predicted octanol–water partition coefficient (Wildman–Crippen LogP) is 3.51. The van der Waals surface area contributed by atoms with E-state index in [9.17, 15) is 9.90 Å². The van der Waals surface area contributed by atoms with Crippen molar-refractivity contribution >= 4 is 33.2 Å². The van der Waals surface area contributed by atoms with Gasteiger partial charge in [0.2, 0.25) is 0 Å². The molecule has 1 aliphatic rings. The summed E-state index contributed by atoms with van der Waals surface area (Å²) < 4.78 is 1.09. The van der Waals surface area contributed by atoms with E-state index in [0.717, 1.165) is 23.2 Å². The lowest BCUT2D eigenvalue weighted by Gasteiger charge is -2.35. The highest BCUT2D eigenvalue weighted by atomic mass is 79.9. The Morgan fingerprint density at radius 1 is 1.65 bits per heavy atom. The molecule has 94 valence electrons. The highest BCUT2D eigenvalue weighted by molar-refractivity contribution is 9.11. The molecule has 1 aromatic rings. The van der Waals surface area contributed by atoms with Crippen LogP contribution in [0.5, 0.6) is 0 Å². The van der Waals surface area contributed by atoms with E-state index in [1.165, 1.54) is 4.88 Å². The molecule has 2 rings (SSSR count). The summed E-state index contributed by atoms with van der Waals surface area (Å²) in [4.78, 5) is 14.7. The number of thiophene rings is 1. The Morgan fingerprint density at radius 3 is 2.88 bits per heavy atom. The first kappa shape index (κ1) is 13.1. The molecule has 1 saturated heterocycles. The minimum absolute atomic E-state index is 0.162. The highest BCUT2D eigenvalue weighted by Gasteiger charge is 2.45. The van der Waals surface area contributed by atoms with E-state index in [4.69, 9.17) is 0 Å². The van der Waals surface area contributed by atoms with E-state index in [0.29, 0.717) is 0 Å². The van der Waals surface area contributed by atoms with Gasteiger partial charge in [-0.1, -0.05) is 0 Å². The van der Waals surface area contributed by atoms with Crippen LogP contribution in [0.15, 0.2) is 15.9 Å². The van der Waals surface area contributed by atoms with Crippen LogP contribution in [-0.4, -0.2) is 28.1 Å². The summed E-state index contributed by atoms with van der Waals surface area (Å²) in [5, 5.41) is 9.40. The number of likely N-dealkylation sites (tertiary alicyclic amines) is 1. The van der Waals surface area contributed by atoms with E-state index in [1.807, 2.05) is 13.0 Å². The van der Waals surface area contributed by atoms with Crippen molar-refractivity contribution in [3.8, 4) is 0 Å². The van der Waals surface area contributed by atoms with Gasteiger partial charge >= 0.3 is 5.97 Å². The third-order valence-electron chi connectivity index (χ3n) is 3.63. The molecule has 1 fully saturated rings. The molecule has 0 spiro atoms. The zero-order valence-electron chi connectivity index (χ0n) is 9.94. The highest BCUT2D eigenvalue weighted by Crippen LogP contribution is 2.39. The van der Waals surface area contributed by atoms with Gasteiger partial charge in [-0.15, -0.1) is 11.3 Å². The fraction of sp³-hybridized carbons (Fsp3) is 0.583. The summed E-state index contributed by atoms with van der Waals surface area (Å²) in [6.45, 7) is 4.78. The number of carbonyl (C=O) groups is 1. The first-order valence-electron chi connectivity index (χ1n) is 5.70. The fourth-order valence-electron chi connectivity index (χ4n) is 2.54. The zero-order chi connectivity index (χ0) is 12.6. The zero-order valence-corrected chi connectivity index (χ0v) is 12.3. The molecule has 0 amide bonds. The van der Waals surface area contributed by atoms with Crippen LogP contribution in [0.3, 0.4) is 0 Å². The summed E-state index contributed by atoms with van der Waals surface area (Å²) in [7, 11) is 0. The summed E-state index contributed by atoms with van der Waals surface area (Å²) in [5.41, 5.74) is -0.712. The minimum Gasteiger partial charge on any atom is -0.480 e. The topological polar surface area (TPSA) is 40.5 Å². The van der Waals surface area contributed by atoms with Gasteiger partial charge in [0.1, 0.15) is 5.54 Å². The van der Waals surface area contributed by atoms with Gasteiger partial charge < -0.3 is 5.11 Å². The largest absolute Gasteiger partial charge is 0.480 e. The molecule has 0 radical (unpaired) electrons. The number of aliphatic carboxylic acids is 1. The summed E-state index contributed by atoms with van der Waals surface area (Å²) in [6, 6.07) is 4.25. The number of carboxylic acids is 1. The lowest BCUT2D eigenvalue weighted by Crippen LogP contribution is -2.48. The monoisotopic (exact) mass is 317 g/mol. The summed E-state index contributed by atoms with van der Waals surface area (Å²) in [5.74, 6) is -0.711. The number of hydrogen-bond acceptors (Lipinski definition) is 3. The third kappa shape index (κ3) is 2.28. The molecule has 0 aromatic carbocycles. The second kappa shape index (κ2) is 4.71. The average Bonchev–Trinajstić information content (AvgIpc) is 2.85. The number of hydrogen-bond donors (Lipinski definition) is 1. The van der Waals surface area contributed by atoms with Crippen molar-refractivity contribution in [2.24, 2.45) is 0 Å². The van der Waals surface area contributed by atoms with Gasteiger partial charge in [0.25, 0.3) is 0 Å². The molecule has 5 heteroatoms. The van der Waals surface area contributed by atoms with Crippen LogP contribution in [0.4, 0.5) is 0 Å². The average molecular weight is 318 g/mol. The van der Waals surface area contributed by atoms with Gasteiger partial charge in [0, 0.05) is 10.9 Å². The SMILES string of the molecule is CC(c1ccc(Br)s1)N1CCCC1(C)C(=O)O. The van der Waals surface area contributed by atoms with Crippen LogP contribution >= 0.6 is 27.3 Å². The summed E-state index contributed by atoms with van der Waals surface area (Å²) in [6.07, 6.45) is 1.69.